The zero-order valence-corrected chi connectivity index (χ0v) is 12.5. The van der Waals surface area contributed by atoms with E-state index >= 15 is 0 Å². The van der Waals surface area contributed by atoms with Crippen LogP contribution in [0.4, 0.5) is 5.69 Å². The maximum absolute atomic E-state index is 12.1. The van der Waals surface area contributed by atoms with E-state index in [1.807, 2.05) is 4.90 Å². The predicted octanol–water partition coefficient (Wildman–Crippen LogP) is 1.10. The van der Waals surface area contributed by atoms with Crippen molar-refractivity contribution in [2.24, 2.45) is 0 Å². The van der Waals surface area contributed by atoms with Crippen molar-refractivity contribution < 1.29 is 19.4 Å². The molecule has 1 aromatic rings. The smallest absolute Gasteiger partial charge is 0.238 e. The maximum Gasteiger partial charge on any atom is 0.238 e. The number of carbonyl (C=O) groups is 1. The van der Waals surface area contributed by atoms with E-state index in [-0.39, 0.29) is 12.0 Å². The van der Waals surface area contributed by atoms with Gasteiger partial charge in [-0.3, -0.25) is 9.69 Å². The lowest BCUT2D eigenvalue weighted by atomic mass is 10.1. The van der Waals surface area contributed by atoms with Gasteiger partial charge in [-0.05, 0) is 12.8 Å². The molecular weight excluding hydrogens is 272 g/mol. The number of hydrogen-bond donors (Lipinski definition) is 2. The molecule has 21 heavy (non-hydrogen) atoms. The fraction of sp³-hybridized carbons (Fsp3) is 0.533. The molecule has 0 saturated carbocycles. The molecule has 0 unspecified atom stereocenters. The summed E-state index contributed by atoms with van der Waals surface area (Å²) in [4.78, 5) is 14.1. The summed E-state index contributed by atoms with van der Waals surface area (Å²) in [6.45, 7) is 1.82. The topological polar surface area (TPSA) is 71.0 Å². The van der Waals surface area contributed by atoms with Crippen LogP contribution in [0.5, 0.6) is 11.5 Å². The van der Waals surface area contributed by atoms with Crippen LogP contribution < -0.4 is 14.8 Å². The lowest BCUT2D eigenvalue weighted by molar-refractivity contribution is -0.117. The minimum Gasteiger partial charge on any atom is -0.497 e. The van der Waals surface area contributed by atoms with Crippen LogP contribution in [0.2, 0.25) is 0 Å². The van der Waals surface area contributed by atoms with Crippen LogP contribution in [0.3, 0.4) is 0 Å². The molecule has 1 aromatic carbocycles. The molecule has 1 heterocycles. The molecule has 1 amide bonds. The number of anilines is 1. The van der Waals surface area contributed by atoms with Gasteiger partial charge >= 0.3 is 0 Å². The summed E-state index contributed by atoms with van der Waals surface area (Å²) in [7, 11) is 3.14. The van der Waals surface area contributed by atoms with Gasteiger partial charge in [0, 0.05) is 37.0 Å². The normalized spacial score (nSPS) is 16.5. The first-order valence-electron chi connectivity index (χ1n) is 7.04. The van der Waals surface area contributed by atoms with Crippen molar-refractivity contribution in [2.75, 3.05) is 39.2 Å². The number of benzene rings is 1. The van der Waals surface area contributed by atoms with Crippen LogP contribution in [0, 0.1) is 0 Å². The van der Waals surface area contributed by atoms with Crippen LogP contribution >= 0.6 is 0 Å². The van der Waals surface area contributed by atoms with Gasteiger partial charge in [-0.25, -0.2) is 0 Å². The Morgan fingerprint density at radius 3 is 2.33 bits per heavy atom. The van der Waals surface area contributed by atoms with Crippen LogP contribution in [-0.2, 0) is 4.79 Å². The van der Waals surface area contributed by atoms with Gasteiger partial charge in [0.15, 0.2) is 0 Å². The molecular formula is C15H22N2O4. The molecule has 6 heteroatoms. The van der Waals surface area contributed by atoms with E-state index in [1.54, 1.807) is 32.4 Å². The fourth-order valence-electron chi connectivity index (χ4n) is 2.36. The van der Waals surface area contributed by atoms with Crippen LogP contribution in [0.25, 0.3) is 0 Å². The highest BCUT2D eigenvalue weighted by atomic mass is 16.5. The second kappa shape index (κ2) is 7.28. The van der Waals surface area contributed by atoms with Crippen LogP contribution in [-0.4, -0.2) is 55.9 Å². The van der Waals surface area contributed by atoms with Crippen molar-refractivity contribution in [3.63, 3.8) is 0 Å². The van der Waals surface area contributed by atoms with E-state index in [9.17, 15) is 9.90 Å². The van der Waals surface area contributed by atoms with E-state index in [0.29, 0.717) is 23.7 Å². The molecule has 1 aliphatic rings. The number of methoxy groups -OCH3 is 2. The second-order valence-electron chi connectivity index (χ2n) is 5.16. The Morgan fingerprint density at radius 2 is 1.81 bits per heavy atom. The average molecular weight is 294 g/mol. The van der Waals surface area contributed by atoms with Crippen molar-refractivity contribution in [1.29, 1.82) is 0 Å². The van der Waals surface area contributed by atoms with E-state index < -0.39 is 0 Å². The summed E-state index contributed by atoms with van der Waals surface area (Å²) in [6, 6.07) is 5.25. The van der Waals surface area contributed by atoms with Crippen molar-refractivity contribution in [3.05, 3.63) is 18.2 Å². The molecule has 0 aromatic heterocycles. The van der Waals surface area contributed by atoms with Crippen LogP contribution in [0.15, 0.2) is 18.2 Å². The summed E-state index contributed by atoms with van der Waals surface area (Å²) in [5, 5.41) is 12.3. The third-order valence-electron chi connectivity index (χ3n) is 3.56. The van der Waals surface area contributed by atoms with Gasteiger partial charge in [0.1, 0.15) is 11.5 Å². The monoisotopic (exact) mass is 294 g/mol. The minimum atomic E-state index is -0.230. The van der Waals surface area contributed by atoms with Crippen molar-refractivity contribution >= 4 is 11.6 Å². The first-order valence-corrected chi connectivity index (χ1v) is 7.04. The third kappa shape index (κ3) is 4.61. The van der Waals surface area contributed by atoms with Gasteiger partial charge in [0.25, 0.3) is 0 Å². The van der Waals surface area contributed by atoms with Gasteiger partial charge in [-0.15, -0.1) is 0 Å². The van der Waals surface area contributed by atoms with Gasteiger partial charge in [0.2, 0.25) is 5.91 Å². The van der Waals surface area contributed by atoms with Crippen molar-refractivity contribution in [1.82, 2.24) is 4.90 Å². The number of likely N-dealkylation sites (tertiary alicyclic amines) is 1. The SMILES string of the molecule is COc1cc(NC(=O)CN2CCC(O)CC2)cc(OC)c1. The minimum absolute atomic E-state index is 0.0818. The maximum atomic E-state index is 12.1. The Balaban J connectivity index is 1.93. The fourth-order valence-corrected chi connectivity index (χ4v) is 2.36. The molecule has 0 aliphatic carbocycles. The summed E-state index contributed by atoms with van der Waals surface area (Å²) in [5.74, 6) is 1.18. The summed E-state index contributed by atoms with van der Waals surface area (Å²) >= 11 is 0. The Hall–Kier alpha value is -1.79. The van der Waals surface area contributed by atoms with Crippen LogP contribution in [0.1, 0.15) is 12.8 Å². The first kappa shape index (κ1) is 15.6. The molecule has 1 fully saturated rings. The number of carbonyl (C=O) groups excluding carboxylic acids is 1. The number of ether oxygens (including phenoxy) is 2. The third-order valence-corrected chi connectivity index (χ3v) is 3.56. The molecule has 116 valence electrons. The number of aliphatic hydroxyl groups is 1. The highest BCUT2D eigenvalue weighted by molar-refractivity contribution is 5.92. The Labute approximate surface area is 124 Å². The molecule has 1 saturated heterocycles. The van der Waals surface area contributed by atoms with Gasteiger partial charge < -0.3 is 19.9 Å². The van der Waals surface area contributed by atoms with Gasteiger partial charge in [-0.2, -0.15) is 0 Å². The van der Waals surface area contributed by atoms with Gasteiger partial charge in [-0.1, -0.05) is 0 Å². The Morgan fingerprint density at radius 1 is 1.24 bits per heavy atom. The van der Waals surface area contributed by atoms with E-state index in [4.69, 9.17) is 9.47 Å². The van der Waals surface area contributed by atoms with E-state index in [0.717, 1.165) is 25.9 Å². The Kier molecular flexibility index (Phi) is 5.41. The quantitative estimate of drug-likeness (QED) is 0.851. The molecule has 0 spiro atoms. The number of rotatable bonds is 5. The molecule has 0 bridgehead atoms. The summed E-state index contributed by atoms with van der Waals surface area (Å²) in [6.07, 6.45) is 1.22. The van der Waals surface area contributed by atoms with Crippen molar-refractivity contribution in [3.8, 4) is 11.5 Å². The standard InChI is InChI=1S/C15H22N2O4/c1-20-13-7-11(8-14(9-13)21-2)16-15(19)10-17-5-3-12(18)4-6-17/h7-9,12,18H,3-6,10H2,1-2H3,(H,16,19). The van der Waals surface area contributed by atoms with Crippen molar-refractivity contribution in [2.45, 2.75) is 18.9 Å². The first-order chi connectivity index (χ1) is 10.1. The predicted molar refractivity (Wildman–Crippen MR) is 79.9 cm³/mol. The molecule has 1 aliphatic heterocycles. The molecule has 0 atom stereocenters. The number of aliphatic hydroxyl groups excluding tert-OH is 1. The number of amides is 1. The molecule has 0 radical (unpaired) electrons. The lowest BCUT2D eigenvalue weighted by Gasteiger charge is -2.28. The zero-order chi connectivity index (χ0) is 15.2. The number of piperidine rings is 1. The average Bonchev–Trinajstić information content (AvgIpc) is 2.49. The zero-order valence-electron chi connectivity index (χ0n) is 12.5. The molecule has 2 rings (SSSR count). The largest absolute Gasteiger partial charge is 0.497 e. The summed E-state index contributed by atoms with van der Waals surface area (Å²) in [5.41, 5.74) is 0.647. The number of nitrogens with one attached hydrogen (secondary N) is 1. The highest BCUT2D eigenvalue weighted by Gasteiger charge is 2.19. The van der Waals surface area contributed by atoms with Gasteiger partial charge in [0.05, 0.1) is 26.9 Å². The highest BCUT2D eigenvalue weighted by Crippen LogP contribution is 2.25. The van der Waals surface area contributed by atoms with E-state index in [2.05, 4.69) is 5.32 Å². The lowest BCUT2D eigenvalue weighted by Crippen LogP contribution is -2.40. The Bertz CT molecular complexity index is 462. The molecule has 6 nitrogen and oxygen atoms in total. The number of hydrogen-bond acceptors (Lipinski definition) is 5. The van der Waals surface area contributed by atoms with E-state index in [1.165, 1.54) is 0 Å². The summed E-state index contributed by atoms with van der Waals surface area (Å²) < 4.78 is 10.3. The number of nitrogens with zero attached hydrogens (tertiary/aromatic N) is 1. The second-order valence-corrected chi connectivity index (χ2v) is 5.16. The molecule has 2 N–H and O–H groups in total.